The molecule has 4 atom stereocenters. The van der Waals surface area contributed by atoms with Crippen molar-refractivity contribution in [3.8, 4) is 5.88 Å². The molecule has 0 saturated carbocycles. The summed E-state index contributed by atoms with van der Waals surface area (Å²) in [5, 5.41) is 3.99. The molecule has 1 saturated heterocycles. The summed E-state index contributed by atoms with van der Waals surface area (Å²) < 4.78 is 11.6. The van der Waals surface area contributed by atoms with Crippen LogP contribution in [0.1, 0.15) is 12.5 Å². The molecule has 0 spiro atoms. The summed E-state index contributed by atoms with van der Waals surface area (Å²) in [6.45, 7) is 2.68. The Bertz CT molecular complexity index is 1120. The van der Waals surface area contributed by atoms with Crippen molar-refractivity contribution in [2.45, 2.75) is 31.2 Å². The first-order chi connectivity index (χ1) is 15.4. The zero-order valence-corrected chi connectivity index (χ0v) is 19.7. The number of carbonyl (C=O) groups excluding carboxylic acids is 1. The van der Waals surface area contributed by atoms with Crippen LogP contribution >= 0.6 is 35.0 Å². The number of anilines is 1. The van der Waals surface area contributed by atoms with E-state index in [4.69, 9.17) is 32.7 Å². The summed E-state index contributed by atoms with van der Waals surface area (Å²) in [4.78, 5) is 19.8. The molecule has 0 radical (unpaired) electrons. The number of fused-ring (bicyclic) bond motifs is 1. The molecule has 32 heavy (non-hydrogen) atoms. The minimum absolute atomic E-state index is 0.00200. The number of epoxide rings is 1. The van der Waals surface area contributed by atoms with E-state index in [0.29, 0.717) is 21.8 Å². The van der Waals surface area contributed by atoms with E-state index in [-0.39, 0.29) is 23.3 Å². The number of aromatic nitrogens is 1. The second kappa shape index (κ2) is 8.63. The molecular formula is C23H21Cl2N3O3S. The van der Waals surface area contributed by atoms with Crippen molar-refractivity contribution in [3.63, 3.8) is 0 Å². The summed E-state index contributed by atoms with van der Waals surface area (Å²) in [7, 11) is 1.56. The van der Waals surface area contributed by atoms with Gasteiger partial charge in [0.2, 0.25) is 5.88 Å². The Balaban J connectivity index is 1.34. The van der Waals surface area contributed by atoms with Crippen molar-refractivity contribution < 1.29 is 14.3 Å². The van der Waals surface area contributed by atoms with E-state index in [1.54, 1.807) is 31.1 Å². The molecule has 1 N–H and O–H groups in total. The van der Waals surface area contributed by atoms with Gasteiger partial charge in [0.05, 0.1) is 16.8 Å². The predicted molar refractivity (Wildman–Crippen MR) is 127 cm³/mol. The molecule has 1 aromatic heterocycles. The molecule has 1 aromatic carbocycles. The van der Waals surface area contributed by atoms with Crippen LogP contribution in [0, 0.1) is 5.92 Å². The topological polar surface area (TPSA) is 67.0 Å². The van der Waals surface area contributed by atoms with Gasteiger partial charge in [-0.1, -0.05) is 47.1 Å². The number of nitrogens with zero attached hydrogens (tertiary/aromatic N) is 2. The van der Waals surface area contributed by atoms with Crippen LogP contribution in [0.25, 0.3) is 0 Å². The van der Waals surface area contributed by atoms with Gasteiger partial charge in [0.25, 0.3) is 0 Å². The van der Waals surface area contributed by atoms with E-state index < -0.39 is 6.10 Å². The number of hydrogen-bond acceptors (Lipinski definition) is 7. The highest BCUT2D eigenvalue weighted by molar-refractivity contribution is 8.05. The molecule has 0 amide bonds. The van der Waals surface area contributed by atoms with E-state index in [1.807, 2.05) is 43.3 Å². The number of ether oxygens (including phenoxy) is 2. The average Bonchev–Trinajstić information content (AvgIpc) is 3.38. The fourth-order valence-corrected chi connectivity index (χ4v) is 5.92. The number of benzene rings is 1. The summed E-state index contributed by atoms with van der Waals surface area (Å²) in [5.74, 6) is 0.437. The normalized spacial score (nSPS) is 26.1. The van der Waals surface area contributed by atoms with E-state index in [2.05, 4.69) is 15.2 Å². The zero-order chi connectivity index (χ0) is 22.4. The van der Waals surface area contributed by atoms with Crippen LogP contribution in [0.15, 0.2) is 64.3 Å². The maximum absolute atomic E-state index is 13.4. The number of pyridine rings is 1. The molecule has 4 heterocycles. The first-order valence-electron chi connectivity index (χ1n) is 10.2. The molecule has 166 valence electrons. The fourth-order valence-electron chi connectivity index (χ4n) is 4.21. The lowest BCUT2D eigenvalue weighted by atomic mass is 9.95. The van der Waals surface area contributed by atoms with Crippen molar-refractivity contribution >= 4 is 46.4 Å². The lowest BCUT2D eigenvalue weighted by Gasteiger charge is -2.27. The monoisotopic (exact) mass is 489 g/mol. The van der Waals surface area contributed by atoms with Crippen molar-refractivity contribution in [2.75, 3.05) is 12.4 Å². The van der Waals surface area contributed by atoms with Crippen LogP contribution in [0.5, 0.6) is 5.88 Å². The van der Waals surface area contributed by atoms with Gasteiger partial charge in [-0.2, -0.15) is 0 Å². The molecular weight excluding hydrogens is 469 g/mol. The maximum Gasteiger partial charge on any atom is 0.214 e. The fraction of sp³-hybridized carbons (Fsp3) is 0.304. The molecule has 1 fully saturated rings. The smallest absolute Gasteiger partial charge is 0.214 e. The number of nitrogens with one attached hydrogen (secondary N) is 1. The van der Waals surface area contributed by atoms with Crippen molar-refractivity contribution in [1.29, 1.82) is 0 Å². The third-order valence-corrected chi connectivity index (χ3v) is 7.64. The van der Waals surface area contributed by atoms with E-state index in [0.717, 1.165) is 22.5 Å². The summed E-state index contributed by atoms with van der Waals surface area (Å²) in [5.41, 5.74) is 3.65. The Hall–Kier alpha value is -2.19. The second-order valence-corrected chi connectivity index (χ2v) is 10.1. The van der Waals surface area contributed by atoms with Crippen molar-refractivity contribution in [2.24, 2.45) is 5.92 Å². The molecule has 5 rings (SSSR count). The first kappa shape index (κ1) is 21.6. The predicted octanol–water partition coefficient (Wildman–Crippen LogP) is 5.01. The van der Waals surface area contributed by atoms with Crippen LogP contribution in [0.2, 0.25) is 5.02 Å². The molecule has 3 aliphatic rings. The third kappa shape index (κ3) is 4.10. The van der Waals surface area contributed by atoms with Gasteiger partial charge < -0.3 is 19.7 Å². The van der Waals surface area contributed by atoms with Gasteiger partial charge >= 0.3 is 0 Å². The molecule has 9 heteroatoms. The number of methoxy groups -OCH3 is 1. The Kier molecular flexibility index (Phi) is 5.84. The van der Waals surface area contributed by atoms with Crippen LogP contribution in [0.4, 0.5) is 5.69 Å². The highest BCUT2D eigenvalue weighted by atomic mass is 35.5. The number of ketones is 1. The van der Waals surface area contributed by atoms with E-state index in [9.17, 15) is 4.79 Å². The lowest BCUT2D eigenvalue weighted by molar-refractivity contribution is -0.117. The molecule has 3 aliphatic heterocycles. The Morgan fingerprint density at radius 1 is 1.28 bits per heavy atom. The van der Waals surface area contributed by atoms with Crippen LogP contribution in [0.3, 0.4) is 0 Å². The Labute approximate surface area is 200 Å². The second-order valence-electron chi connectivity index (χ2n) is 7.83. The van der Waals surface area contributed by atoms with Gasteiger partial charge in [-0.05, 0) is 36.8 Å². The maximum atomic E-state index is 13.4. The van der Waals surface area contributed by atoms with Crippen LogP contribution in [-0.2, 0) is 16.1 Å². The van der Waals surface area contributed by atoms with E-state index in [1.165, 1.54) is 0 Å². The highest BCUT2D eigenvalue weighted by Gasteiger charge is 2.52. The molecule has 2 aromatic rings. The quantitative estimate of drug-likeness (QED) is 0.548. The SMILES string of the molecule is COc1cc(NC2OC2C(=O)C2=C(C)N(Cc3ccc(Cl)cc3)C3SC(Cl)=CC23)ccn1. The minimum atomic E-state index is -0.534. The molecule has 4 unspecified atom stereocenters. The van der Waals surface area contributed by atoms with Gasteiger partial charge in [-0.15, -0.1) is 0 Å². The standard InChI is InChI=1S/C23H21Cl2N3O3S/c1-12-19(20(29)21-22(31-21)27-15-7-8-26-18(9-15)30-2)16-10-17(25)32-23(16)28(12)11-13-3-5-14(24)6-4-13/h3-10,16,21-23H,11H2,1-2H3,(H,26,27). The van der Waals surface area contributed by atoms with Crippen molar-refractivity contribution in [3.05, 3.63) is 74.9 Å². The summed E-state index contributed by atoms with van der Waals surface area (Å²) >= 11 is 14.0. The van der Waals surface area contributed by atoms with E-state index >= 15 is 0 Å². The van der Waals surface area contributed by atoms with Gasteiger partial charge in [0.1, 0.15) is 0 Å². The van der Waals surface area contributed by atoms with Gasteiger partial charge in [-0.3, -0.25) is 4.79 Å². The number of rotatable bonds is 7. The first-order valence-corrected chi connectivity index (χ1v) is 11.8. The summed E-state index contributed by atoms with van der Waals surface area (Å²) in [6.07, 6.45) is 2.71. The number of carbonyl (C=O) groups is 1. The largest absolute Gasteiger partial charge is 0.481 e. The van der Waals surface area contributed by atoms with Gasteiger partial charge in [0.15, 0.2) is 18.1 Å². The third-order valence-electron chi connectivity index (χ3n) is 5.85. The Morgan fingerprint density at radius 2 is 2.06 bits per heavy atom. The van der Waals surface area contributed by atoms with Crippen LogP contribution in [-0.4, -0.2) is 40.5 Å². The number of Topliss-reactive ketones (excluding diaryl/α,β-unsaturated/α-hetero) is 1. The van der Waals surface area contributed by atoms with Crippen LogP contribution < -0.4 is 10.1 Å². The molecule has 0 bridgehead atoms. The number of allylic oxidation sites excluding steroid dienone is 1. The minimum Gasteiger partial charge on any atom is -0.481 e. The molecule has 6 nitrogen and oxygen atoms in total. The highest BCUT2D eigenvalue weighted by Crippen LogP contribution is 2.51. The lowest BCUT2D eigenvalue weighted by Crippen LogP contribution is -2.28. The van der Waals surface area contributed by atoms with Gasteiger partial charge in [0, 0.05) is 46.7 Å². The molecule has 0 aliphatic carbocycles. The zero-order valence-electron chi connectivity index (χ0n) is 17.4. The number of halogens is 2. The Morgan fingerprint density at radius 3 is 2.81 bits per heavy atom. The summed E-state index contributed by atoms with van der Waals surface area (Å²) in [6, 6.07) is 11.4. The number of hydrogen-bond donors (Lipinski definition) is 1. The average molecular weight is 490 g/mol. The van der Waals surface area contributed by atoms with Gasteiger partial charge in [-0.25, -0.2) is 4.98 Å². The number of thioether (sulfide) groups is 1. The van der Waals surface area contributed by atoms with Crippen molar-refractivity contribution in [1.82, 2.24) is 9.88 Å².